The summed E-state index contributed by atoms with van der Waals surface area (Å²) in [6.07, 6.45) is 2.59. The molecule has 1 aliphatic heterocycles. The summed E-state index contributed by atoms with van der Waals surface area (Å²) in [5.41, 5.74) is 2.86. The van der Waals surface area contributed by atoms with Crippen molar-refractivity contribution < 1.29 is 4.79 Å². The number of nitrogens with zero attached hydrogens (tertiary/aromatic N) is 2. The Labute approximate surface area is 190 Å². The molecule has 3 aromatic carbocycles. The molecule has 0 bridgehead atoms. The van der Waals surface area contributed by atoms with Crippen LogP contribution in [0, 0.1) is 0 Å². The van der Waals surface area contributed by atoms with E-state index >= 15 is 0 Å². The van der Waals surface area contributed by atoms with E-state index in [-0.39, 0.29) is 5.91 Å². The highest BCUT2D eigenvalue weighted by Gasteiger charge is 2.33. The van der Waals surface area contributed by atoms with Crippen molar-refractivity contribution in [2.24, 2.45) is 4.99 Å². The van der Waals surface area contributed by atoms with E-state index in [0.717, 1.165) is 16.8 Å². The van der Waals surface area contributed by atoms with Gasteiger partial charge in [0.25, 0.3) is 5.91 Å². The second kappa shape index (κ2) is 9.52. The Morgan fingerprint density at radius 1 is 0.867 bits per heavy atom. The monoisotopic (exact) mass is 452 g/mol. The van der Waals surface area contributed by atoms with E-state index in [9.17, 15) is 4.79 Å². The Kier molecular flexibility index (Phi) is 6.58. The first kappa shape index (κ1) is 20.7. The number of rotatable bonds is 5. The fraction of sp³-hybridized carbons (Fsp3) is 0.0833. The molecule has 1 fully saturated rings. The van der Waals surface area contributed by atoms with Gasteiger partial charge in [-0.2, -0.15) is 0 Å². The third-order valence-electron chi connectivity index (χ3n) is 4.57. The second-order valence-corrected chi connectivity index (χ2v) is 8.61. The minimum atomic E-state index is -0.0430. The van der Waals surface area contributed by atoms with Crippen molar-refractivity contribution in [2.45, 2.75) is 6.42 Å². The Morgan fingerprint density at radius 2 is 1.50 bits per heavy atom. The summed E-state index contributed by atoms with van der Waals surface area (Å²) in [5.74, 6) is -0.0430. The number of hydrogen-bond donors (Lipinski definition) is 0. The number of hydrogen-bond acceptors (Lipinski definition) is 3. The van der Waals surface area contributed by atoms with E-state index in [1.165, 1.54) is 11.8 Å². The summed E-state index contributed by atoms with van der Waals surface area (Å²) in [6, 6.07) is 24.8. The van der Waals surface area contributed by atoms with Crippen LogP contribution in [0.3, 0.4) is 0 Å². The predicted molar refractivity (Wildman–Crippen MR) is 127 cm³/mol. The van der Waals surface area contributed by atoms with Gasteiger partial charge in [0, 0.05) is 16.6 Å². The van der Waals surface area contributed by atoms with Gasteiger partial charge in [-0.05, 0) is 71.8 Å². The van der Waals surface area contributed by atoms with Crippen LogP contribution in [0.25, 0.3) is 6.08 Å². The molecule has 6 heteroatoms. The largest absolute Gasteiger partial charge is 0.286 e. The number of amidine groups is 1. The highest BCUT2D eigenvalue weighted by Crippen LogP contribution is 2.34. The lowest BCUT2D eigenvalue weighted by atomic mass is 10.1. The molecule has 3 aromatic rings. The molecular formula is C24H18Cl2N2OS. The van der Waals surface area contributed by atoms with E-state index in [1.807, 2.05) is 84.9 Å². The molecule has 0 N–H and O–H groups in total. The van der Waals surface area contributed by atoms with Crippen molar-refractivity contribution in [1.82, 2.24) is 4.90 Å². The summed E-state index contributed by atoms with van der Waals surface area (Å²) < 4.78 is 0. The van der Waals surface area contributed by atoms with Gasteiger partial charge in [0.15, 0.2) is 5.17 Å². The maximum atomic E-state index is 13.2. The number of benzene rings is 3. The molecule has 150 valence electrons. The lowest BCUT2D eigenvalue weighted by Crippen LogP contribution is -2.31. The molecule has 0 radical (unpaired) electrons. The molecule has 0 aromatic heterocycles. The third kappa shape index (κ3) is 5.14. The molecule has 1 heterocycles. The zero-order chi connectivity index (χ0) is 20.9. The standard InChI is InChI=1S/C24H18Cl2N2OS/c25-19-10-6-17(7-11-19)14-15-28-23(29)22(16-18-8-12-20(26)13-9-18)30-24(28)27-21-4-2-1-3-5-21/h1-13,16H,14-15H2/b22-16-,27-24?. The minimum absolute atomic E-state index is 0.0430. The van der Waals surface area contributed by atoms with Crippen molar-refractivity contribution >= 4 is 57.8 Å². The first-order chi connectivity index (χ1) is 14.6. The number of halogens is 2. The second-order valence-electron chi connectivity index (χ2n) is 6.73. The minimum Gasteiger partial charge on any atom is -0.286 e. The van der Waals surface area contributed by atoms with Gasteiger partial charge in [-0.3, -0.25) is 9.69 Å². The summed E-state index contributed by atoms with van der Waals surface area (Å²) in [4.78, 5) is 20.3. The zero-order valence-electron chi connectivity index (χ0n) is 16.0. The van der Waals surface area contributed by atoms with Crippen LogP contribution in [0.4, 0.5) is 5.69 Å². The molecule has 1 saturated heterocycles. The number of para-hydroxylation sites is 1. The number of thioether (sulfide) groups is 1. The van der Waals surface area contributed by atoms with E-state index in [2.05, 4.69) is 0 Å². The van der Waals surface area contributed by atoms with Crippen molar-refractivity contribution in [3.05, 3.63) is 105 Å². The SMILES string of the molecule is O=C1/C(=C/c2ccc(Cl)cc2)SC(=Nc2ccccc2)N1CCc1ccc(Cl)cc1. The molecule has 0 atom stereocenters. The first-order valence-electron chi connectivity index (χ1n) is 9.44. The van der Waals surface area contributed by atoms with Gasteiger partial charge < -0.3 is 0 Å². The van der Waals surface area contributed by atoms with Gasteiger partial charge in [-0.1, -0.05) is 65.7 Å². The van der Waals surface area contributed by atoms with E-state index in [1.54, 1.807) is 4.90 Å². The molecule has 1 aliphatic rings. The highest BCUT2D eigenvalue weighted by molar-refractivity contribution is 8.18. The fourth-order valence-corrected chi connectivity index (χ4v) is 4.28. The number of carbonyl (C=O) groups excluding carboxylic acids is 1. The van der Waals surface area contributed by atoms with Gasteiger partial charge in [-0.25, -0.2) is 4.99 Å². The van der Waals surface area contributed by atoms with Crippen LogP contribution in [0.15, 0.2) is 88.8 Å². The van der Waals surface area contributed by atoms with Crippen LogP contribution in [0.5, 0.6) is 0 Å². The Bertz CT molecular complexity index is 1090. The lowest BCUT2D eigenvalue weighted by Gasteiger charge is -2.15. The molecule has 0 saturated carbocycles. The van der Waals surface area contributed by atoms with Gasteiger partial charge in [0.05, 0.1) is 10.6 Å². The topological polar surface area (TPSA) is 32.7 Å². The van der Waals surface area contributed by atoms with Crippen LogP contribution >= 0.6 is 35.0 Å². The van der Waals surface area contributed by atoms with Gasteiger partial charge >= 0.3 is 0 Å². The Hall–Kier alpha value is -2.53. The molecule has 1 amide bonds. The lowest BCUT2D eigenvalue weighted by molar-refractivity contribution is -0.122. The molecule has 4 rings (SSSR count). The van der Waals surface area contributed by atoms with Gasteiger partial charge in [0.2, 0.25) is 0 Å². The smallest absolute Gasteiger partial charge is 0.266 e. The molecular weight excluding hydrogens is 435 g/mol. The van der Waals surface area contributed by atoms with Crippen LogP contribution < -0.4 is 0 Å². The van der Waals surface area contributed by atoms with Crippen molar-refractivity contribution in [3.8, 4) is 0 Å². The summed E-state index contributed by atoms with van der Waals surface area (Å²) in [5, 5.41) is 2.05. The normalized spacial score (nSPS) is 16.6. The first-order valence-corrected chi connectivity index (χ1v) is 11.0. The van der Waals surface area contributed by atoms with Gasteiger partial charge in [0.1, 0.15) is 0 Å². The molecule has 3 nitrogen and oxygen atoms in total. The van der Waals surface area contributed by atoms with Crippen LogP contribution in [0.1, 0.15) is 11.1 Å². The maximum Gasteiger partial charge on any atom is 0.266 e. The van der Waals surface area contributed by atoms with E-state index in [0.29, 0.717) is 33.1 Å². The summed E-state index contributed by atoms with van der Waals surface area (Å²) >= 11 is 13.3. The fourth-order valence-electron chi connectivity index (χ4n) is 3.00. The summed E-state index contributed by atoms with van der Waals surface area (Å²) in [7, 11) is 0. The average Bonchev–Trinajstić information content (AvgIpc) is 3.04. The predicted octanol–water partition coefficient (Wildman–Crippen LogP) is 6.84. The third-order valence-corrected chi connectivity index (χ3v) is 6.08. The van der Waals surface area contributed by atoms with Crippen LogP contribution in [0.2, 0.25) is 10.0 Å². The number of aliphatic imine (C=N–C) groups is 1. The molecule has 30 heavy (non-hydrogen) atoms. The molecule has 0 unspecified atom stereocenters. The highest BCUT2D eigenvalue weighted by atomic mass is 35.5. The van der Waals surface area contributed by atoms with Crippen molar-refractivity contribution in [1.29, 1.82) is 0 Å². The number of amides is 1. The van der Waals surface area contributed by atoms with Gasteiger partial charge in [-0.15, -0.1) is 0 Å². The number of carbonyl (C=O) groups is 1. The molecule has 0 aliphatic carbocycles. The Morgan fingerprint density at radius 3 is 2.17 bits per heavy atom. The van der Waals surface area contributed by atoms with E-state index < -0.39 is 0 Å². The summed E-state index contributed by atoms with van der Waals surface area (Å²) in [6.45, 7) is 0.539. The maximum absolute atomic E-state index is 13.2. The average molecular weight is 453 g/mol. The quantitative estimate of drug-likeness (QED) is 0.396. The van der Waals surface area contributed by atoms with Crippen LogP contribution in [-0.2, 0) is 11.2 Å². The Balaban J connectivity index is 1.61. The zero-order valence-corrected chi connectivity index (χ0v) is 18.3. The molecule has 0 spiro atoms. The van der Waals surface area contributed by atoms with Crippen molar-refractivity contribution in [3.63, 3.8) is 0 Å². The van der Waals surface area contributed by atoms with Crippen LogP contribution in [-0.4, -0.2) is 22.5 Å². The van der Waals surface area contributed by atoms with Crippen molar-refractivity contribution in [2.75, 3.05) is 6.54 Å². The van der Waals surface area contributed by atoms with E-state index in [4.69, 9.17) is 28.2 Å².